The van der Waals surface area contributed by atoms with Crippen molar-refractivity contribution < 1.29 is 17.7 Å². The van der Waals surface area contributed by atoms with Crippen LogP contribution in [0.2, 0.25) is 0 Å². The molecule has 122 valence electrons. The van der Waals surface area contributed by atoms with E-state index in [9.17, 15) is 13.5 Å². The van der Waals surface area contributed by atoms with Crippen molar-refractivity contribution in [3.63, 3.8) is 0 Å². The molecule has 0 fully saturated rings. The summed E-state index contributed by atoms with van der Waals surface area (Å²) in [6.07, 6.45) is 0.784. The number of rotatable bonds is 8. The molecule has 0 spiro atoms. The minimum atomic E-state index is -3.94. The lowest BCUT2D eigenvalue weighted by molar-refractivity contribution is 0.174. The molecule has 0 unspecified atom stereocenters. The number of aliphatic hydroxyl groups excluding tert-OH is 1. The Morgan fingerprint density at radius 3 is 2.48 bits per heavy atom. The fourth-order valence-electron chi connectivity index (χ4n) is 2.02. The van der Waals surface area contributed by atoms with E-state index in [-0.39, 0.29) is 17.2 Å². The van der Waals surface area contributed by atoms with Crippen molar-refractivity contribution in [3.05, 3.63) is 72.8 Å². The topological polar surface area (TPSA) is 75.6 Å². The van der Waals surface area contributed by atoms with Crippen molar-refractivity contribution in [2.45, 2.75) is 11.0 Å². The highest BCUT2D eigenvalue weighted by Gasteiger charge is 2.20. The maximum atomic E-state index is 12.3. The quantitative estimate of drug-likeness (QED) is 0.440. The molecule has 0 amide bonds. The molecule has 6 heteroatoms. The molecule has 2 aromatic rings. The molecule has 0 saturated heterocycles. The van der Waals surface area contributed by atoms with Crippen LogP contribution >= 0.6 is 0 Å². The molecule has 23 heavy (non-hydrogen) atoms. The van der Waals surface area contributed by atoms with Gasteiger partial charge in [0.1, 0.15) is 10.6 Å². The maximum Gasteiger partial charge on any atom is 0.339 e. The van der Waals surface area contributed by atoms with Crippen molar-refractivity contribution in [1.29, 1.82) is 0 Å². The zero-order valence-electron chi connectivity index (χ0n) is 12.6. The molecular formula is C17H19NO4S. The molecular weight excluding hydrogens is 314 g/mol. The number of hydrogen-bond acceptors (Lipinski definition) is 5. The smallest absolute Gasteiger partial charge is 0.339 e. The van der Waals surface area contributed by atoms with E-state index in [4.69, 9.17) is 4.18 Å². The molecule has 0 aliphatic rings. The molecule has 0 aromatic heterocycles. The van der Waals surface area contributed by atoms with Crippen LogP contribution in [0.4, 0.5) is 0 Å². The summed E-state index contributed by atoms with van der Waals surface area (Å²) in [7, 11) is -3.94. The Morgan fingerprint density at radius 1 is 1.13 bits per heavy atom. The van der Waals surface area contributed by atoms with Crippen LogP contribution in [0.25, 0.3) is 0 Å². The minimum Gasteiger partial charge on any atom is -0.387 e. The van der Waals surface area contributed by atoms with Crippen LogP contribution in [-0.2, 0) is 10.1 Å². The van der Waals surface area contributed by atoms with Crippen molar-refractivity contribution in [3.8, 4) is 5.75 Å². The lowest BCUT2D eigenvalue weighted by atomic mass is 10.1. The Balaban J connectivity index is 2.22. The van der Waals surface area contributed by atoms with Gasteiger partial charge < -0.3 is 14.6 Å². The molecule has 2 rings (SSSR count). The second-order valence-corrected chi connectivity index (χ2v) is 6.40. The predicted molar refractivity (Wildman–Crippen MR) is 88.7 cm³/mol. The number of nitrogens with one attached hydrogen (secondary N) is 1. The summed E-state index contributed by atoms with van der Waals surface area (Å²) in [6.45, 7) is 4.39. The first kappa shape index (κ1) is 17.2. The Morgan fingerprint density at radius 2 is 1.78 bits per heavy atom. The highest BCUT2D eigenvalue weighted by Crippen LogP contribution is 2.27. The standard InChI is InChI=1S/C17H19NO4S/c1-2-12-18-13-16(19)15-10-6-7-11-17(15)22-23(20,21)14-8-4-3-5-9-14/h2-11,16,18-19H,1,12-13H2/t16-/m0/s1. The number of hydrogen-bond donors (Lipinski definition) is 2. The van der Waals surface area contributed by atoms with Gasteiger partial charge in [-0.3, -0.25) is 0 Å². The van der Waals surface area contributed by atoms with Crippen molar-refractivity contribution in [2.75, 3.05) is 13.1 Å². The van der Waals surface area contributed by atoms with Gasteiger partial charge in [0, 0.05) is 18.7 Å². The molecule has 2 N–H and O–H groups in total. The molecule has 0 aliphatic carbocycles. The third-order valence-corrected chi connectivity index (χ3v) is 4.38. The lowest BCUT2D eigenvalue weighted by Crippen LogP contribution is -2.22. The molecule has 0 saturated carbocycles. The van der Waals surface area contributed by atoms with Gasteiger partial charge in [-0.1, -0.05) is 42.5 Å². The van der Waals surface area contributed by atoms with Crippen LogP contribution in [0.1, 0.15) is 11.7 Å². The Kier molecular flexibility index (Phi) is 5.92. The Hall–Kier alpha value is -2.15. The van der Waals surface area contributed by atoms with Crippen LogP contribution in [0.15, 0.2) is 72.1 Å². The van der Waals surface area contributed by atoms with Crippen LogP contribution in [-0.4, -0.2) is 26.6 Å². The fraction of sp³-hybridized carbons (Fsp3) is 0.176. The van der Waals surface area contributed by atoms with Gasteiger partial charge in [-0.2, -0.15) is 8.42 Å². The normalized spacial score (nSPS) is 12.6. The van der Waals surface area contributed by atoms with E-state index in [0.29, 0.717) is 12.1 Å². The van der Waals surface area contributed by atoms with Gasteiger partial charge in [0.05, 0.1) is 6.10 Å². The molecule has 2 aromatic carbocycles. The van der Waals surface area contributed by atoms with Crippen LogP contribution in [0, 0.1) is 0 Å². The van der Waals surface area contributed by atoms with Gasteiger partial charge in [0.15, 0.2) is 0 Å². The first-order chi connectivity index (χ1) is 11.0. The zero-order chi connectivity index (χ0) is 16.7. The molecule has 0 radical (unpaired) electrons. The average molecular weight is 333 g/mol. The van der Waals surface area contributed by atoms with Crippen LogP contribution < -0.4 is 9.50 Å². The third kappa shape index (κ3) is 4.66. The van der Waals surface area contributed by atoms with Gasteiger partial charge in [0.2, 0.25) is 0 Å². The lowest BCUT2D eigenvalue weighted by Gasteiger charge is -2.16. The van der Waals surface area contributed by atoms with E-state index >= 15 is 0 Å². The van der Waals surface area contributed by atoms with E-state index < -0.39 is 16.2 Å². The molecule has 0 heterocycles. The predicted octanol–water partition coefficient (Wildman–Crippen LogP) is 2.26. The number of para-hydroxylation sites is 1. The van der Waals surface area contributed by atoms with E-state index in [1.54, 1.807) is 42.5 Å². The van der Waals surface area contributed by atoms with Crippen LogP contribution in [0.3, 0.4) is 0 Å². The molecule has 1 atom stereocenters. The average Bonchev–Trinajstić information content (AvgIpc) is 2.56. The maximum absolute atomic E-state index is 12.3. The summed E-state index contributed by atoms with van der Waals surface area (Å²) in [5.74, 6) is 0.115. The highest BCUT2D eigenvalue weighted by atomic mass is 32.2. The summed E-state index contributed by atoms with van der Waals surface area (Å²) in [6, 6.07) is 14.4. The van der Waals surface area contributed by atoms with Crippen molar-refractivity contribution in [1.82, 2.24) is 5.32 Å². The van der Waals surface area contributed by atoms with Crippen molar-refractivity contribution >= 4 is 10.1 Å². The minimum absolute atomic E-state index is 0.0640. The first-order valence-corrected chi connectivity index (χ1v) is 8.53. The summed E-state index contributed by atoms with van der Waals surface area (Å²) >= 11 is 0. The van der Waals surface area contributed by atoms with Crippen LogP contribution in [0.5, 0.6) is 5.75 Å². The number of benzene rings is 2. The zero-order valence-corrected chi connectivity index (χ0v) is 13.4. The number of aliphatic hydroxyl groups is 1. The monoisotopic (exact) mass is 333 g/mol. The molecule has 0 bridgehead atoms. The van der Waals surface area contributed by atoms with Gasteiger partial charge in [-0.15, -0.1) is 6.58 Å². The van der Waals surface area contributed by atoms with Gasteiger partial charge in [-0.25, -0.2) is 0 Å². The van der Waals surface area contributed by atoms with Gasteiger partial charge in [0.25, 0.3) is 0 Å². The summed E-state index contributed by atoms with van der Waals surface area (Å²) in [5, 5.41) is 13.2. The second kappa shape index (κ2) is 7.92. The summed E-state index contributed by atoms with van der Waals surface area (Å²) < 4.78 is 29.8. The van der Waals surface area contributed by atoms with E-state index in [0.717, 1.165) is 0 Å². The van der Waals surface area contributed by atoms with E-state index in [1.165, 1.54) is 18.2 Å². The molecule has 0 aliphatic heterocycles. The highest BCUT2D eigenvalue weighted by molar-refractivity contribution is 7.87. The van der Waals surface area contributed by atoms with Crippen molar-refractivity contribution in [2.24, 2.45) is 0 Å². The summed E-state index contributed by atoms with van der Waals surface area (Å²) in [4.78, 5) is 0.0640. The Labute approximate surface area is 136 Å². The Bertz CT molecular complexity index is 744. The second-order valence-electron chi connectivity index (χ2n) is 4.85. The summed E-state index contributed by atoms with van der Waals surface area (Å²) in [5.41, 5.74) is 0.406. The van der Waals surface area contributed by atoms with Gasteiger partial charge in [-0.05, 0) is 18.2 Å². The van der Waals surface area contributed by atoms with E-state index in [1.807, 2.05) is 0 Å². The van der Waals surface area contributed by atoms with Gasteiger partial charge >= 0.3 is 10.1 Å². The molecule has 5 nitrogen and oxygen atoms in total. The fourth-order valence-corrected chi connectivity index (χ4v) is 2.99. The van der Waals surface area contributed by atoms with E-state index in [2.05, 4.69) is 11.9 Å². The SMILES string of the molecule is C=CCNC[C@H](O)c1ccccc1OS(=O)(=O)c1ccccc1. The first-order valence-electron chi connectivity index (χ1n) is 7.13. The third-order valence-electron chi connectivity index (χ3n) is 3.14. The largest absolute Gasteiger partial charge is 0.387 e.